The van der Waals surface area contributed by atoms with Gasteiger partial charge < -0.3 is 24.3 Å². The van der Waals surface area contributed by atoms with Crippen LogP contribution in [0.4, 0.5) is 18.9 Å². The Balaban J connectivity index is 0.000000515. The van der Waals surface area contributed by atoms with Crippen molar-refractivity contribution >= 4 is 44.2 Å². The van der Waals surface area contributed by atoms with Crippen LogP contribution in [0, 0.1) is 6.92 Å². The molecule has 3 aliphatic rings. The van der Waals surface area contributed by atoms with Crippen LogP contribution in [0.2, 0.25) is 0 Å². The van der Waals surface area contributed by atoms with Gasteiger partial charge in [0.15, 0.2) is 0 Å². The number of hydrogen-bond donors (Lipinski definition) is 2. The lowest BCUT2D eigenvalue weighted by atomic mass is 9.95. The number of aromatic nitrogens is 1. The molecule has 2 N–H and O–H groups in total. The normalized spacial score (nSPS) is 23.4. The molecule has 1 aromatic carbocycles. The maximum atomic E-state index is 13.9. The number of morpholine rings is 2. The van der Waals surface area contributed by atoms with Crippen molar-refractivity contribution in [2.45, 2.75) is 36.1 Å². The van der Waals surface area contributed by atoms with E-state index in [9.17, 15) is 21.6 Å². The van der Waals surface area contributed by atoms with E-state index in [-0.39, 0.29) is 17.0 Å². The SMILES string of the molecule is Cc1ccc(C2CN(S(=O)(=O)c3ccc(NCC4(N5CCOCC5)CCSC4)c4cnccc34)CCO2)o1.O=C(O)C(F)(F)F. The van der Waals surface area contributed by atoms with Gasteiger partial charge in [-0.2, -0.15) is 29.2 Å². The number of carboxylic acid groups (broad SMARTS) is 1. The number of aryl methyl sites for hydroxylation is 1. The Morgan fingerprint density at radius 1 is 1.13 bits per heavy atom. The first kappa shape index (κ1) is 33.5. The predicted octanol–water partition coefficient (Wildman–Crippen LogP) is 4.15. The van der Waals surface area contributed by atoms with Gasteiger partial charge in [0.25, 0.3) is 0 Å². The van der Waals surface area contributed by atoms with Gasteiger partial charge in [-0.15, -0.1) is 0 Å². The summed E-state index contributed by atoms with van der Waals surface area (Å²) in [7, 11) is -3.77. The Hall–Kier alpha value is -2.89. The van der Waals surface area contributed by atoms with E-state index in [1.807, 2.05) is 36.9 Å². The third-order valence-corrected chi connectivity index (χ3v) is 11.3. The molecule has 45 heavy (non-hydrogen) atoms. The second-order valence-electron chi connectivity index (χ2n) is 11.0. The van der Waals surface area contributed by atoms with Crippen molar-refractivity contribution in [3.05, 3.63) is 54.2 Å². The summed E-state index contributed by atoms with van der Waals surface area (Å²) >= 11 is 2.00. The Morgan fingerprint density at radius 2 is 1.89 bits per heavy atom. The lowest BCUT2D eigenvalue weighted by molar-refractivity contribution is -0.192. The van der Waals surface area contributed by atoms with Gasteiger partial charge in [0, 0.05) is 72.9 Å². The number of rotatable bonds is 7. The second-order valence-corrected chi connectivity index (χ2v) is 14.0. The monoisotopic (exact) mass is 672 g/mol. The average Bonchev–Trinajstić information content (AvgIpc) is 3.70. The first-order valence-corrected chi connectivity index (χ1v) is 17.0. The third-order valence-electron chi connectivity index (χ3n) is 8.12. The van der Waals surface area contributed by atoms with Gasteiger partial charge in [0.2, 0.25) is 10.0 Å². The number of anilines is 1. The van der Waals surface area contributed by atoms with Gasteiger partial charge in [-0.25, -0.2) is 13.2 Å². The minimum Gasteiger partial charge on any atom is -0.475 e. The highest BCUT2D eigenvalue weighted by atomic mass is 32.2. The van der Waals surface area contributed by atoms with Crippen LogP contribution in [0.15, 0.2) is 52.0 Å². The number of carboxylic acids is 1. The third kappa shape index (κ3) is 7.58. The molecule has 0 spiro atoms. The molecule has 16 heteroatoms. The standard InChI is InChI=1S/C27H34N4O5S2.C2HF3O2/c1-20-2-4-24(36-20)25-17-31(11-14-35-25)38(32,33)26-5-3-23(22-16-28-8-6-21(22)26)29-18-27(7-15-37-19-27)30-9-12-34-13-10-30;3-2(4,5)1(6)7/h2-6,8,16,25,29H,7,9-15,17-19H2,1H3;(H,6,7). The molecule has 5 heterocycles. The van der Waals surface area contributed by atoms with Gasteiger partial charge >= 0.3 is 12.1 Å². The van der Waals surface area contributed by atoms with Crippen molar-refractivity contribution in [3.63, 3.8) is 0 Å². The lowest BCUT2D eigenvalue weighted by Gasteiger charge is -2.43. The van der Waals surface area contributed by atoms with Gasteiger partial charge in [-0.1, -0.05) is 0 Å². The summed E-state index contributed by atoms with van der Waals surface area (Å²) in [5.74, 6) is 0.895. The number of nitrogens with one attached hydrogen (secondary N) is 1. The fourth-order valence-corrected chi connectivity index (χ4v) is 8.82. The summed E-state index contributed by atoms with van der Waals surface area (Å²) in [6, 6.07) is 9.13. The fourth-order valence-electron chi connectivity index (χ4n) is 5.72. The highest BCUT2D eigenvalue weighted by Crippen LogP contribution is 2.37. The zero-order valence-corrected chi connectivity index (χ0v) is 26.2. The molecule has 0 aliphatic carbocycles. The van der Waals surface area contributed by atoms with E-state index in [4.69, 9.17) is 23.8 Å². The maximum absolute atomic E-state index is 13.9. The molecule has 2 aromatic heterocycles. The molecule has 3 aliphatic heterocycles. The number of nitrogens with zero attached hydrogens (tertiary/aromatic N) is 3. The lowest BCUT2D eigenvalue weighted by Crippen LogP contribution is -2.57. The second kappa shape index (κ2) is 13.8. The number of alkyl halides is 3. The molecule has 3 saturated heterocycles. The fraction of sp³-hybridized carbons (Fsp3) is 0.517. The van der Waals surface area contributed by atoms with E-state index in [1.165, 1.54) is 4.31 Å². The number of carbonyl (C=O) groups is 1. The molecular weight excluding hydrogens is 637 g/mol. The Morgan fingerprint density at radius 3 is 2.53 bits per heavy atom. The van der Waals surface area contributed by atoms with Crippen LogP contribution in [0.1, 0.15) is 24.0 Å². The molecule has 3 fully saturated rings. The van der Waals surface area contributed by atoms with E-state index in [0.29, 0.717) is 24.3 Å². The summed E-state index contributed by atoms with van der Waals surface area (Å²) < 4.78 is 78.2. The maximum Gasteiger partial charge on any atom is 0.490 e. The number of furan rings is 1. The van der Waals surface area contributed by atoms with E-state index >= 15 is 0 Å². The molecule has 246 valence electrons. The molecule has 6 rings (SSSR count). The number of benzene rings is 1. The molecule has 0 radical (unpaired) electrons. The number of sulfonamides is 1. The Kier molecular flexibility index (Phi) is 10.3. The number of ether oxygens (including phenoxy) is 2. The molecule has 11 nitrogen and oxygen atoms in total. The van der Waals surface area contributed by atoms with E-state index in [1.54, 1.807) is 24.5 Å². The molecule has 2 unspecified atom stereocenters. The number of fused-ring (bicyclic) bond motifs is 1. The highest BCUT2D eigenvalue weighted by molar-refractivity contribution is 7.99. The van der Waals surface area contributed by atoms with Gasteiger partial charge in [0.05, 0.1) is 24.7 Å². The van der Waals surface area contributed by atoms with Crippen LogP contribution in [0.25, 0.3) is 10.8 Å². The van der Waals surface area contributed by atoms with Crippen LogP contribution < -0.4 is 5.32 Å². The van der Waals surface area contributed by atoms with E-state index < -0.39 is 28.3 Å². The molecule has 2 atom stereocenters. The summed E-state index contributed by atoms with van der Waals surface area (Å²) in [4.78, 5) is 16.1. The van der Waals surface area contributed by atoms with Crippen molar-refractivity contribution in [3.8, 4) is 0 Å². The summed E-state index contributed by atoms with van der Waals surface area (Å²) in [6.45, 7) is 6.91. The van der Waals surface area contributed by atoms with Crippen molar-refractivity contribution in [1.29, 1.82) is 0 Å². The van der Waals surface area contributed by atoms with Crippen molar-refractivity contribution in [2.75, 3.05) is 69.4 Å². The average molecular weight is 673 g/mol. The van der Waals surface area contributed by atoms with Gasteiger partial charge in [0.1, 0.15) is 17.6 Å². The Labute approximate surface area is 263 Å². The molecule has 0 amide bonds. The van der Waals surface area contributed by atoms with E-state index in [2.05, 4.69) is 15.2 Å². The topological polar surface area (TPSA) is 134 Å². The number of aliphatic carboxylic acids is 1. The zero-order valence-electron chi connectivity index (χ0n) is 24.6. The number of thioether (sulfide) groups is 1. The van der Waals surface area contributed by atoms with Gasteiger partial charge in [-0.3, -0.25) is 9.88 Å². The summed E-state index contributed by atoms with van der Waals surface area (Å²) in [5, 5.41) is 12.3. The van der Waals surface area contributed by atoms with Crippen LogP contribution in [-0.2, 0) is 24.3 Å². The predicted molar refractivity (Wildman–Crippen MR) is 162 cm³/mol. The van der Waals surface area contributed by atoms with Crippen molar-refractivity contribution in [2.24, 2.45) is 0 Å². The Bertz CT molecular complexity index is 1590. The van der Waals surface area contributed by atoms with Crippen LogP contribution in [-0.4, -0.2) is 109 Å². The summed E-state index contributed by atoms with van der Waals surface area (Å²) in [6.07, 6.45) is -0.973. The minimum absolute atomic E-state index is 0.0702. The van der Waals surface area contributed by atoms with Gasteiger partial charge in [-0.05, 0) is 49.4 Å². The van der Waals surface area contributed by atoms with Crippen LogP contribution in [0.5, 0.6) is 0 Å². The van der Waals surface area contributed by atoms with E-state index in [0.717, 1.165) is 67.6 Å². The summed E-state index contributed by atoms with van der Waals surface area (Å²) in [5.41, 5.74) is 0.975. The molecule has 0 saturated carbocycles. The first-order valence-electron chi connectivity index (χ1n) is 14.4. The van der Waals surface area contributed by atoms with Crippen LogP contribution >= 0.6 is 11.8 Å². The zero-order chi connectivity index (χ0) is 32.2. The quantitative estimate of drug-likeness (QED) is 0.375. The van der Waals surface area contributed by atoms with Crippen LogP contribution in [0.3, 0.4) is 0 Å². The molecule has 0 bridgehead atoms. The number of halogens is 3. The van der Waals surface area contributed by atoms with Crippen molar-refractivity contribution in [1.82, 2.24) is 14.2 Å². The minimum atomic E-state index is -5.08. The largest absolute Gasteiger partial charge is 0.490 e. The molecule has 3 aromatic rings. The number of hydrogen-bond acceptors (Lipinski definition) is 10. The smallest absolute Gasteiger partial charge is 0.475 e. The number of pyridine rings is 1. The highest BCUT2D eigenvalue weighted by Gasteiger charge is 2.41. The molecular formula is C29H35F3N4O7S2. The van der Waals surface area contributed by atoms with Crippen molar-refractivity contribution < 1.29 is 45.4 Å². The first-order chi connectivity index (χ1) is 21.4.